The van der Waals surface area contributed by atoms with Crippen LogP contribution in [0.5, 0.6) is 0 Å². The number of aliphatic imine (C=N–C) groups is 1. The smallest absolute Gasteiger partial charge is 0.190 e. The zero-order chi connectivity index (χ0) is 15.3. The number of ether oxygens (including phenoxy) is 2. The fourth-order valence-electron chi connectivity index (χ4n) is 1.84. The summed E-state index contributed by atoms with van der Waals surface area (Å²) in [5.74, 6) is 2.32. The highest BCUT2D eigenvalue weighted by Gasteiger charge is 2.20. The van der Waals surface area contributed by atoms with E-state index < -0.39 is 0 Å². The molecule has 1 rings (SSSR count). The Labute approximate surface area is 153 Å². The van der Waals surface area contributed by atoms with E-state index in [4.69, 9.17) is 9.47 Å². The number of hydrogen-bond donors (Lipinski definition) is 2. The Morgan fingerprint density at radius 1 is 1.09 bits per heavy atom. The zero-order valence-electron chi connectivity index (χ0n) is 14.4. The van der Waals surface area contributed by atoms with Crippen LogP contribution in [-0.4, -0.2) is 52.5 Å². The van der Waals surface area contributed by atoms with Crippen LogP contribution < -0.4 is 10.6 Å². The molecule has 0 atom stereocenters. The normalized spacial score (nSPS) is 14.8. The summed E-state index contributed by atoms with van der Waals surface area (Å²) in [7, 11) is 1.80. The van der Waals surface area contributed by atoms with E-state index in [1.165, 1.54) is 12.8 Å². The Hall–Kier alpha value is -0.0800. The molecule has 1 aliphatic rings. The first kappa shape index (κ1) is 21.9. The van der Waals surface area contributed by atoms with Crippen molar-refractivity contribution in [1.29, 1.82) is 0 Å². The number of guanidine groups is 1. The monoisotopic (exact) mass is 427 g/mol. The van der Waals surface area contributed by atoms with E-state index >= 15 is 0 Å². The second-order valence-corrected chi connectivity index (χ2v) is 6.12. The first-order chi connectivity index (χ1) is 10.2. The summed E-state index contributed by atoms with van der Waals surface area (Å²) in [6.45, 7) is 9.54. The Kier molecular flexibility index (Phi) is 14.5. The molecular weight excluding hydrogens is 393 g/mol. The van der Waals surface area contributed by atoms with Gasteiger partial charge in [-0.2, -0.15) is 0 Å². The lowest BCUT2D eigenvalue weighted by atomic mass is 10.2. The highest BCUT2D eigenvalue weighted by atomic mass is 127. The van der Waals surface area contributed by atoms with Gasteiger partial charge in [0.1, 0.15) is 0 Å². The van der Waals surface area contributed by atoms with Crippen LogP contribution in [0.1, 0.15) is 39.5 Å². The molecule has 0 aromatic heterocycles. The molecule has 2 N–H and O–H groups in total. The first-order valence-electron chi connectivity index (χ1n) is 8.32. The summed E-state index contributed by atoms with van der Waals surface area (Å²) < 4.78 is 11.1. The molecular formula is C16H34IN3O2. The fourth-order valence-corrected chi connectivity index (χ4v) is 1.84. The number of rotatable bonds is 12. The first-order valence-corrected chi connectivity index (χ1v) is 8.32. The van der Waals surface area contributed by atoms with E-state index in [2.05, 4.69) is 29.5 Å². The molecule has 0 amide bonds. The molecule has 0 aromatic rings. The molecule has 0 spiro atoms. The number of nitrogens with zero attached hydrogens (tertiary/aromatic N) is 1. The van der Waals surface area contributed by atoms with Crippen molar-refractivity contribution in [3.63, 3.8) is 0 Å². The van der Waals surface area contributed by atoms with E-state index in [-0.39, 0.29) is 24.0 Å². The zero-order valence-corrected chi connectivity index (χ0v) is 16.7. The summed E-state index contributed by atoms with van der Waals surface area (Å²) in [5.41, 5.74) is 0. The minimum absolute atomic E-state index is 0. The molecule has 0 saturated heterocycles. The SMILES string of the molecule is CN=C(NCCCOCC(C)C)NCCCOCC1CC1.I. The summed E-state index contributed by atoms with van der Waals surface area (Å²) in [5, 5.41) is 6.60. The molecule has 1 fully saturated rings. The van der Waals surface area contributed by atoms with Gasteiger partial charge in [-0.15, -0.1) is 24.0 Å². The largest absolute Gasteiger partial charge is 0.381 e. The molecule has 5 nitrogen and oxygen atoms in total. The Morgan fingerprint density at radius 3 is 2.18 bits per heavy atom. The van der Waals surface area contributed by atoms with Crippen molar-refractivity contribution in [2.45, 2.75) is 39.5 Å². The predicted molar refractivity (Wildman–Crippen MR) is 103 cm³/mol. The minimum atomic E-state index is 0. The minimum Gasteiger partial charge on any atom is -0.381 e. The van der Waals surface area contributed by atoms with Gasteiger partial charge in [-0.25, -0.2) is 0 Å². The van der Waals surface area contributed by atoms with Crippen LogP contribution in [0.4, 0.5) is 0 Å². The quantitative estimate of drug-likeness (QED) is 0.218. The summed E-state index contributed by atoms with van der Waals surface area (Å²) in [6, 6.07) is 0. The Bertz CT molecular complexity index is 269. The molecule has 1 aliphatic carbocycles. The second kappa shape index (κ2) is 14.5. The lowest BCUT2D eigenvalue weighted by molar-refractivity contribution is 0.108. The molecule has 0 unspecified atom stereocenters. The van der Waals surface area contributed by atoms with Crippen molar-refractivity contribution in [1.82, 2.24) is 10.6 Å². The van der Waals surface area contributed by atoms with Gasteiger partial charge in [0.2, 0.25) is 0 Å². The van der Waals surface area contributed by atoms with E-state index in [0.29, 0.717) is 5.92 Å². The van der Waals surface area contributed by atoms with E-state index in [0.717, 1.165) is 64.2 Å². The van der Waals surface area contributed by atoms with Gasteiger partial charge in [0.05, 0.1) is 0 Å². The van der Waals surface area contributed by atoms with E-state index in [9.17, 15) is 0 Å². The fraction of sp³-hybridized carbons (Fsp3) is 0.938. The number of halogens is 1. The van der Waals surface area contributed by atoms with Crippen LogP contribution in [0, 0.1) is 11.8 Å². The summed E-state index contributed by atoms with van der Waals surface area (Å²) >= 11 is 0. The lowest BCUT2D eigenvalue weighted by Gasteiger charge is -2.12. The number of nitrogens with one attached hydrogen (secondary N) is 2. The van der Waals surface area contributed by atoms with Crippen molar-refractivity contribution < 1.29 is 9.47 Å². The van der Waals surface area contributed by atoms with Crippen molar-refractivity contribution in [3.05, 3.63) is 0 Å². The second-order valence-electron chi connectivity index (χ2n) is 6.12. The van der Waals surface area contributed by atoms with Crippen LogP contribution in [0.2, 0.25) is 0 Å². The van der Waals surface area contributed by atoms with Gasteiger partial charge in [-0.3, -0.25) is 4.99 Å². The third-order valence-electron chi connectivity index (χ3n) is 3.24. The molecule has 22 heavy (non-hydrogen) atoms. The highest BCUT2D eigenvalue weighted by molar-refractivity contribution is 14.0. The average Bonchev–Trinajstić information content (AvgIpc) is 3.27. The van der Waals surface area contributed by atoms with Gasteiger partial charge < -0.3 is 20.1 Å². The Balaban J connectivity index is 0.00000441. The summed E-state index contributed by atoms with van der Waals surface area (Å²) in [6.07, 6.45) is 4.73. The van der Waals surface area contributed by atoms with Crippen LogP contribution in [-0.2, 0) is 9.47 Å². The molecule has 0 aliphatic heterocycles. The molecule has 0 radical (unpaired) electrons. The predicted octanol–water partition coefficient (Wildman–Crippen LogP) is 2.65. The molecule has 0 bridgehead atoms. The van der Waals surface area contributed by atoms with Gasteiger partial charge in [0, 0.05) is 46.6 Å². The third-order valence-corrected chi connectivity index (χ3v) is 3.24. The van der Waals surface area contributed by atoms with Crippen LogP contribution in [0.25, 0.3) is 0 Å². The van der Waals surface area contributed by atoms with Gasteiger partial charge in [-0.05, 0) is 37.5 Å². The topological polar surface area (TPSA) is 54.9 Å². The van der Waals surface area contributed by atoms with Crippen molar-refractivity contribution in [2.75, 3.05) is 46.6 Å². The Morgan fingerprint density at radius 2 is 1.68 bits per heavy atom. The average molecular weight is 427 g/mol. The molecule has 1 saturated carbocycles. The van der Waals surface area contributed by atoms with Crippen LogP contribution in [0.15, 0.2) is 4.99 Å². The van der Waals surface area contributed by atoms with Gasteiger partial charge in [-0.1, -0.05) is 13.8 Å². The maximum absolute atomic E-state index is 5.60. The molecule has 6 heteroatoms. The summed E-state index contributed by atoms with van der Waals surface area (Å²) in [4.78, 5) is 4.20. The van der Waals surface area contributed by atoms with Crippen LogP contribution >= 0.6 is 24.0 Å². The number of hydrogen-bond acceptors (Lipinski definition) is 3. The highest BCUT2D eigenvalue weighted by Crippen LogP contribution is 2.28. The maximum Gasteiger partial charge on any atom is 0.190 e. The lowest BCUT2D eigenvalue weighted by Crippen LogP contribution is -2.38. The molecule has 0 heterocycles. The van der Waals surface area contributed by atoms with E-state index in [1.54, 1.807) is 7.05 Å². The van der Waals surface area contributed by atoms with E-state index in [1.807, 2.05) is 0 Å². The standard InChI is InChI=1S/C16H33N3O2.HI/c1-14(2)12-20-10-4-8-18-16(17-3)19-9-5-11-21-13-15-6-7-15;/h14-15H,4-13H2,1-3H3,(H2,17,18,19);1H. The molecule has 132 valence electrons. The van der Waals surface area contributed by atoms with Crippen molar-refractivity contribution >= 4 is 29.9 Å². The van der Waals surface area contributed by atoms with Crippen molar-refractivity contribution in [2.24, 2.45) is 16.8 Å². The van der Waals surface area contributed by atoms with Crippen LogP contribution in [0.3, 0.4) is 0 Å². The van der Waals surface area contributed by atoms with Gasteiger partial charge in [0.25, 0.3) is 0 Å². The maximum atomic E-state index is 5.60. The van der Waals surface area contributed by atoms with Gasteiger partial charge in [0.15, 0.2) is 5.96 Å². The van der Waals surface area contributed by atoms with Gasteiger partial charge >= 0.3 is 0 Å². The van der Waals surface area contributed by atoms with Crippen molar-refractivity contribution in [3.8, 4) is 0 Å². The molecule has 0 aromatic carbocycles. The third kappa shape index (κ3) is 13.6.